The quantitative estimate of drug-likeness (QED) is 0.582. The SMILES string of the molecule is C=CC(c1cccnc1)S(=O)(=O)C(OC(C)=O)C1CCC(=O)C1. The number of hydrogen-bond acceptors (Lipinski definition) is 6. The van der Waals surface area contributed by atoms with Crippen molar-refractivity contribution in [2.75, 3.05) is 0 Å². The molecule has 0 radical (unpaired) electrons. The Morgan fingerprint density at radius 3 is 2.74 bits per heavy atom. The number of hydrogen-bond donors (Lipinski definition) is 0. The molecule has 1 aromatic heterocycles. The molecule has 0 aliphatic heterocycles. The first-order valence-electron chi connectivity index (χ1n) is 7.30. The van der Waals surface area contributed by atoms with Gasteiger partial charge >= 0.3 is 5.97 Å². The molecule has 3 unspecified atom stereocenters. The van der Waals surface area contributed by atoms with Crippen molar-refractivity contribution in [1.29, 1.82) is 0 Å². The van der Waals surface area contributed by atoms with Gasteiger partial charge in [-0.2, -0.15) is 0 Å². The van der Waals surface area contributed by atoms with E-state index in [-0.39, 0.29) is 12.2 Å². The van der Waals surface area contributed by atoms with E-state index in [1.54, 1.807) is 12.1 Å². The van der Waals surface area contributed by atoms with Gasteiger partial charge in [-0.15, -0.1) is 6.58 Å². The smallest absolute Gasteiger partial charge is 0.303 e. The van der Waals surface area contributed by atoms with Gasteiger partial charge in [0.25, 0.3) is 0 Å². The minimum Gasteiger partial charge on any atom is -0.446 e. The number of carbonyl (C=O) groups is 2. The zero-order chi connectivity index (χ0) is 17.0. The summed E-state index contributed by atoms with van der Waals surface area (Å²) in [7, 11) is -3.92. The van der Waals surface area contributed by atoms with Crippen LogP contribution in [-0.4, -0.2) is 30.6 Å². The van der Waals surface area contributed by atoms with Crippen LogP contribution in [0, 0.1) is 5.92 Å². The van der Waals surface area contributed by atoms with Crippen molar-refractivity contribution in [3.05, 3.63) is 42.7 Å². The van der Waals surface area contributed by atoms with Gasteiger partial charge in [0.15, 0.2) is 9.84 Å². The number of aromatic nitrogens is 1. The maximum Gasteiger partial charge on any atom is 0.303 e. The summed E-state index contributed by atoms with van der Waals surface area (Å²) in [4.78, 5) is 26.8. The Morgan fingerprint density at radius 1 is 1.52 bits per heavy atom. The van der Waals surface area contributed by atoms with Crippen molar-refractivity contribution in [1.82, 2.24) is 4.98 Å². The Kier molecular flexibility index (Phi) is 5.30. The van der Waals surface area contributed by atoms with E-state index in [0.29, 0.717) is 18.4 Å². The molecule has 1 saturated carbocycles. The zero-order valence-electron chi connectivity index (χ0n) is 12.8. The van der Waals surface area contributed by atoms with Crippen LogP contribution < -0.4 is 0 Å². The summed E-state index contributed by atoms with van der Waals surface area (Å²) >= 11 is 0. The molecule has 7 heteroatoms. The van der Waals surface area contributed by atoms with Crippen molar-refractivity contribution in [2.45, 2.75) is 36.9 Å². The van der Waals surface area contributed by atoms with Crippen molar-refractivity contribution in [3.63, 3.8) is 0 Å². The summed E-state index contributed by atoms with van der Waals surface area (Å²) in [6.45, 7) is 4.75. The van der Waals surface area contributed by atoms with Gasteiger partial charge in [0.2, 0.25) is 5.44 Å². The number of rotatable bonds is 6. The van der Waals surface area contributed by atoms with Gasteiger partial charge in [0.1, 0.15) is 11.0 Å². The third-order valence-electron chi connectivity index (χ3n) is 3.86. The first-order chi connectivity index (χ1) is 10.9. The van der Waals surface area contributed by atoms with Crippen LogP contribution in [0.5, 0.6) is 0 Å². The number of ether oxygens (including phenoxy) is 1. The number of carbonyl (C=O) groups excluding carboxylic acids is 2. The molecule has 0 N–H and O–H groups in total. The number of esters is 1. The van der Waals surface area contributed by atoms with Gasteiger partial charge in [0, 0.05) is 38.1 Å². The lowest BCUT2D eigenvalue weighted by molar-refractivity contribution is -0.144. The lowest BCUT2D eigenvalue weighted by Crippen LogP contribution is -2.36. The average molecular weight is 337 g/mol. The Morgan fingerprint density at radius 2 is 2.26 bits per heavy atom. The van der Waals surface area contributed by atoms with E-state index in [4.69, 9.17) is 4.74 Å². The van der Waals surface area contributed by atoms with Crippen LogP contribution in [0.15, 0.2) is 37.2 Å². The van der Waals surface area contributed by atoms with Crippen molar-refractivity contribution >= 4 is 21.6 Å². The summed E-state index contributed by atoms with van der Waals surface area (Å²) in [6, 6.07) is 3.25. The van der Waals surface area contributed by atoms with E-state index in [1.807, 2.05) is 0 Å². The Hall–Kier alpha value is -2.02. The summed E-state index contributed by atoms with van der Waals surface area (Å²) in [6.07, 6.45) is 5.08. The molecular weight excluding hydrogens is 318 g/mol. The predicted octanol–water partition coefficient (Wildman–Crippen LogP) is 1.98. The normalized spacial score (nSPS) is 20.7. The fraction of sp³-hybridized carbons (Fsp3) is 0.438. The van der Waals surface area contributed by atoms with Crippen molar-refractivity contribution in [2.24, 2.45) is 5.92 Å². The highest BCUT2D eigenvalue weighted by atomic mass is 32.2. The highest BCUT2D eigenvalue weighted by Gasteiger charge is 2.43. The lowest BCUT2D eigenvalue weighted by atomic mass is 10.1. The van der Waals surface area contributed by atoms with Gasteiger partial charge in [-0.25, -0.2) is 8.42 Å². The van der Waals surface area contributed by atoms with Gasteiger partial charge in [0.05, 0.1) is 0 Å². The van der Waals surface area contributed by atoms with Gasteiger partial charge < -0.3 is 4.74 Å². The van der Waals surface area contributed by atoms with E-state index >= 15 is 0 Å². The summed E-state index contributed by atoms with van der Waals surface area (Å²) in [5, 5.41) is -1.05. The molecule has 2 rings (SSSR count). The van der Waals surface area contributed by atoms with Crippen LogP contribution in [0.2, 0.25) is 0 Å². The molecule has 0 bridgehead atoms. The van der Waals surface area contributed by atoms with Crippen LogP contribution in [0.4, 0.5) is 0 Å². The average Bonchev–Trinajstić information content (AvgIpc) is 2.92. The van der Waals surface area contributed by atoms with E-state index in [1.165, 1.54) is 18.5 Å². The summed E-state index contributed by atoms with van der Waals surface area (Å²) < 4.78 is 31.1. The molecule has 0 spiro atoms. The van der Waals surface area contributed by atoms with Crippen LogP contribution in [0.25, 0.3) is 0 Å². The Bertz CT molecular complexity index is 698. The fourth-order valence-electron chi connectivity index (χ4n) is 2.82. The minimum atomic E-state index is -3.92. The van der Waals surface area contributed by atoms with Crippen molar-refractivity contribution in [3.8, 4) is 0 Å². The molecule has 124 valence electrons. The van der Waals surface area contributed by atoms with E-state index in [9.17, 15) is 18.0 Å². The van der Waals surface area contributed by atoms with Crippen LogP contribution in [0.1, 0.15) is 37.0 Å². The molecule has 1 heterocycles. The maximum atomic E-state index is 13.0. The third kappa shape index (κ3) is 3.85. The molecule has 1 aliphatic carbocycles. The second-order valence-corrected chi connectivity index (χ2v) is 7.70. The maximum absolute atomic E-state index is 13.0. The summed E-state index contributed by atoms with van der Waals surface area (Å²) in [5.74, 6) is -1.22. The largest absolute Gasteiger partial charge is 0.446 e. The molecule has 0 amide bonds. The zero-order valence-corrected chi connectivity index (χ0v) is 13.7. The van der Waals surface area contributed by atoms with Gasteiger partial charge in [-0.05, 0) is 18.1 Å². The number of pyridine rings is 1. The highest BCUT2D eigenvalue weighted by molar-refractivity contribution is 7.92. The van der Waals surface area contributed by atoms with Crippen molar-refractivity contribution < 1.29 is 22.7 Å². The molecule has 3 atom stereocenters. The lowest BCUT2D eigenvalue weighted by Gasteiger charge is -2.26. The second kappa shape index (κ2) is 7.04. The standard InChI is InChI=1S/C16H19NO5S/c1-3-15(13-5-4-8-17-10-13)23(20,21)16(22-11(2)18)12-6-7-14(19)9-12/h3-5,8,10,12,15-16H,1,6-7,9H2,2H3. The van der Waals surface area contributed by atoms with E-state index in [2.05, 4.69) is 11.6 Å². The van der Waals surface area contributed by atoms with Gasteiger partial charge in [-0.3, -0.25) is 14.6 Å². The number of nitrogens with zero attached hydrogens (tertiary/aromatic N) is 1. The molecule has 23 heavy (non-hydrogen) atoms. The molecule has 6 nitrogen and oxygen atoms in total. The molecule has 0 aromatic carbocycles. The number of ketones is 1. The Labute approximate surface area is 135 Å². The molecule has 1 aromatic rings. The van der Waals surface area contributed by atoms with Gasteiger partial charge in [-0.1, -0.05) is 12.1 Å². The number of sulfone groups is 1. The first kappa shape index (κ1) is 17.3. The van der Waals surface area contributed by atoms with Crippen LogP contribution in [-0.2, 0) is 24.2 Å². The third-order valence-corrected chi connectivity index (χ3v) is 6.16. The fourth-order valence-corrected chi connectivity index (χ4v) is 4.93. The predicted molar refractivity (Wildman–Crippen MR) is 84.0 cm³/mol. The molecule has 1 fully saturated rings. The second-order valence-electron chi connectivity index (χ2n) is 5.55. The molecule has 0 saturated heterocycles. The minimum absolute atomic E-state index is 0.0149. The van der Waals surface area contributed by atoms with Crippen LogP contribution in [0.3, 0.4) is 0 Å². The molecular formula is C16H19NO5S. The van der Waals surface area contributed by atoms with E-state index in [0.717, 1.165) is 6.92 Å². The summed E-state index contributed by atoms with van der Waals surface area (Å²) in [5.41, 5.74) is -0.904. The van der Waals surface area contributed by atoms with Crippen LogP contribution >= 0.6 is 0 Å². The Balaban J connectivity index is 2.40. The monoisotopic (exact) mass is 337 g/mol. The highest BCUT2D eigenvalue weighted by Crippen LogP contribution is 2.36. The van der Waals surface area contributed by atoms with E-state index < -0.39 is 32.4 Å². The number of Topliss-reactive ketones (excluding diaryl/α,β-unsaturated/α-hetero) is 1. The topological polar surface area (TPSA) is 90.4 Å². The molecule has 1 aliphatic rings. The first-order valence-corrected chi connectivity index (χ1v) is 8.91.